The van der Waals surface area contributed by atoms with E-state index in [9.17, 15) is 31.1 Å². The van der Waals surface area contributed by atoms with Crippen LogP contribution in [0.15, 0.2) is 105 Å². The smallest absolute Gasteiger partial charge is 0.416 e. The Balaban J connectivity index is 1.59. The fourth-order valence-electron chi connectivity index (χ4n) is 5.34. The van der Waals surface area contributed by atoms with E-state index in [0.717, 1.165) is 0 Å². The number of nitrogens with one attached hydrogen (secondary N) is 1. The first kappa shape index (κ1) is 36.4. The number of aliphatic hydroxyl groups is 1. The van der Waals surface area contributed by atoms with Crippen molar-refractivity contribution in [3.63, 3.8) is 0 Å². The number of rotatable bonds is 11. The molecule has 4 aromatic rings. The first-order valence-corrected chi connectivity index (χ1v) is 16.4. The van der Waals surface area contributed by atoms with E-state index in [2.05, 4.69) is 37.2 Å². The molecule has 6 nitrogen and oxygen atoms in total. The van der Waals surface area contributed by atoms with E-state index in [0.29, 0.717) is 56.5 Å². The molecule has 0 saturated heterocycles. The second-order valence-corrected chi connectivity index (χ2v) is 12.9. The lowest BCUT2D eigenvalue weighted by Gasteiger charge is -2.31. The normalized spacial score (nSPS) is 17.7. The quantitative estimate of drug-likeness (QED) is 0.117. The topological polar surface area (TPSA) is 80.2 Å². The molecule has 1 heterocycles. The van der Waals surface area contributed by atoms with Gasteiger partial charge < -0.3 is 19.9 Å². The van der Waals surface area contributed by atoms with E-state index >= 15 is 0 Å². The summed E-state index contributed by atoms with van der Waals surface area (Å²) in [4.78, 5) is 19.3. The lowest BCUT2D eigenvalue weighted by Crippen LogP contribution is -2.49. The summed E-state index contributed by atoms with van der Waals surface area (Å²) in [6, 6.07) is 21.9. The van der Waals surface area contributed by atoms with Gasteiger partial charge in [0.05, 0.1) is 17.7 Å². The summed E-state index contributed by atoms with van der Waals surface area (Å²) in [7, 11) is 0. The first-order chi connectivity index (χ1) is 23.2. The van der Waals surface area contributed by atoms with Crippen molar-refractivity contribution in [2.24, 2.45) is 4.99 Å². The van der Waals surface area contributed by atoms with Crippen molar-refractivity contribution in [1.82, 2.24) is 5.32 Å². The van der Waals surface area contributed by atoms with Crippen molar-refractivity contribution < 1.29 is 45.7 Å². The molecule has 0 radical (unpaired) electrons. The van der Waals surface area contributed by atoms with Crippen molar-refractivity contribution in [2.75, 3.05) is 13.2 Å². The Morgan fingerprint density at radius 1 is 0.878 bits per heavy atom. The van der Waals surface area contributed by atoms with Gasteiger partial charge in [-0.25, -0.2) is 4.99 Å². The van der Waals surface area contributed by atoms with Crippen LogP contribution >= 0.6 is 31.9 Å². The number of hydrogen-bond donors (Lipinski definition) is 2. The Labute approximate surface area is 294 Å². The number of aliphatic hydroxyl groups excluding tert-OH is 1. The van der Waals surface area contributed by atoms with Crippen molar-refractivity contribution >= 4 is 43.7 Å². The zero-order valence-electron chi connectivity index (χ0n) is 25.4. The number of nitrogens with zero attached hydrogens (tertiary/aromatic N) is 1. The zero-order chi connectivity index (χ0) is 35.4. The molecule has 49 heavy (non-hydrogen) atoms. The highest BCUT2D eigenvalue weighted by Gasteiger charge is 2.54. The van der Waals surface area contributed by atoms with Crippen LogP contribution in [0.4, 0.5) is 26.3 Å². The summed E-state index contributed by atoms with van der Waals surface area (Å²) < 4.78 is 94.8. The van der Waals surface area contributed by atoms with Crippen LogP contribution in [0.25, 0.3) is 0 Å². The van der Waals surface area contributed by atoms with Crippen molar-refractivity contribution in [1.29, 1.82) is 0 Å². The Morgan fingerprint density at radius 3 is 2.08 bits per heavy atom. The summed E-state index contributed by atoms with van der Waals surface area (Å²) in [5.41, 5.74) is -3.50. The van der Waals surface area contributed by atoms with Gasteiger partial charge >= 0.3 is 12.4 Å². The molecular formula is C35H28Br2F6N2O4. The number of carbonyl (C=O) groups is 1. The SMILES string of the molecule is O=C(NCc1cc(C(F)(F)F)cc(C(F)(F)F)c1)[C@]1(Cc2ccccc2Br)N=C(c2ccc(OCCCO)cc2)O[C@@H]1c1ccccc1Br. The molecule has 0 aliphatic carbocycles. The Morgan fingerprint density at radius 2 is 1.49 bits per heavy atom. The Hall–Kier alpha value is -3.88. The molecule has 0 fully saturated rings. The van der Waals surface area contributed by atoms with Crippen LogP contribution in [0.5, 0.6) is 5.75 Å². The predicted octanol–water partition coefficient (Wildman–Crippen LogP) is 8.83. The maximum absolute atomic E-state index is 14.5. The molecule has 2 N–H and O–H groups in total. The summed E-state index contributed by atoms with van der Waals surface area (Å²) in [6.07, 6.45) is -10.8. The van der Waals surface area contributed by atoms with Crippen LogP contribution in [0, 0.1) is 0 Å². The van der Waals surface area contributed by atoms with Crippen LogP contribution in [0.1, 0.15) is 45.9 Å². The molecule has 0 unspecified atom stereocenters. The van der Waals surface area contributed by atoms with Gasteiger partial charge in [0, 0.05) is 46.1 Å². The average molecular weight is 814 g/mol. The van der Waals surface area contributed by atoms with Gasteiger partial charge in [0.15, 0.2) is 11.6 Å². The van der Waals surface area contributed by atoms with Crippen molar-refractivity contribution in [2.45, 2.75) is 43.4 Å². The van der Waals surface area contributed by atoms with E-state index in [-0.39, 0.29) is 25.0 Å². The average Bonchev–Trinajstić information content (AvgIpc) is 3.44. The number of ether oxygens (including phenoxy) is 2. The maximum atomic E-state index is 14.5. The Kier molecular flexibility index (Phi) is 11.1. The van der Waals surface area contributed by atoms with Gasteiger partial charge in [-0.2, -0.15) is 26.3 Å². The van der Waals surface area contributed by atoms with E-state index in [1.807, 2.05) is 0 Å². The minimum absolute atomic E-state index is 0.0297. The van der Waals surface area contributed by atoms with E-state index in [4.69, 9.17) is 19.6 Å². The molecule has 0 bridgehead atoms. The second kappa shape index (κ2) is 14.9. The lowest BCUT2D eigenvalue weighted by molar-refractivity contribution is -0.143. The Bertz CT molecular complexity index is 1800. The van der Waals surface area contributed by atoms with Crippen LogP contribution in [0.3, 0.4) is 0 Å². The largest absolute Gasteiger partial charge is 0.494 e. The molecule has 0 saturated carbocycles. The molecule has 14 heteroatoms. The van der Waals surface area contributed by atoms with Crippen molar-refractivity contribution in [3.05, 3.63) is 133 Å². The van der Waals surface area contributed by atoms with Crippen LogP contribution in [-0.2, 0) is 34.8 Å². The fraction of sp³-hybridized carbons (Fsp3) is 0.257. The van der Waals surface area contributed by atoms with Crippen LogP contribution in [0.2, 0.25) is 0 Å². The fourth-order valence-corrected chi connectivity index (χ4v) is 6.25. The number of aliphatic imine (C=N–C) groups is 1. The molecule has 1 aliphatic rings. The third-order valence-electron chi connectivity index (χ3n) is 7.74. The van der Waals surface area contributed by atoms with Gasteiger partial charge in [0.25, 0.3) is 5.91 Å². The van der Waals surface area contributed by atoms with Crippen LogP contribution in [-0.4, -0.2) is 35.7 Å². The minimum atomic E-state index is -5.05. The molecule has 4 aromatic carbocycles. The molecule has 1 aliphatic heterocycles. The number of halogens is 8. The highest BCUT2D eigenvalue weighted by atomic mass is 79.9. The molecular weight excluding hydrogens is 786 g/mol. The number of benzene rings is 4. The third kappa shape index (κ3) is 8.47. The summed E-state index contributed by atoms with van der Waals surface area (Å²) in [5.74, 6) is -0.174. The van der Waals surface area contributed by atoms with Gasteiger partial charge in [-0.15, -0.1) is 0 Å². The van der Waals surface area contributed by atoms with E-state index in [1.165, 1.54) is 0 Å². The third-order valence-corrected chi connectivity index (χ3v) is 9.23. The number of hydrogen-bond acceptors (Lipinski definition) is 5. The van der Waals surface area contributed by atoms with Crippen LogP contribution < -0.4 is 10.1 Å². The maximum Gasteiger partial charge on any atom is 0.416 e. The highest BCUT2D eigenvalue weighted by Crippen LogP contribution is 2.45. The monoisotopic (exact) mass is 812 g/mol. The molecule has 5 rings (SSSR count). The molecule has 2 atom stereocenters. The number of alkyl halides is 6. The first-order valence-electron chi connectivity index (χ1n) is 14.9. The number of amides is 1. The predicted molar refractivity (Wildman–Crippen MR) is 177 cm³/mol. The molecule has 0 aromatic heterocycles. The van der Waals surface area contributed by atoms with Gasteiger partial charge in [0.1, 0.15) is 5.75 Å². The van der Waals surface area contributed by atoms with E-state index < -0.39 is 53.1 Å². The lowest BCUT2D eigenvalue weighted by atomic mass is 9.82. The summed E-state index contributed by atoms with van der Waals surface area (Å²) in [5, 5.41) is 11.6. The summed E-state index contributed by atoms with van der Waals surface area (Å²) in [6.45, 7) is -0.391. The van der Waals surface area contributed by atoms with Gasteiger partial charge in [-0.1, -0.05) is 68.3 Å². The number of carbonyl (C=O) groups excluding carboxylic acids is 1. The second-order valence-electron chi connectivity index (χ2n) is 11.2. The molecule has 0 spiro atoms. The highest BCUT2D eigenvalue weighted by molar-refractivity contribution is 9.10. The van der Waals surface area contributed by atoms with Gasteiger partial charge in [-0.05, 0) is 65.7 Å². The minimum Gasteiger partial charge on any atom is -0.494 e. The summed E-state index contributed by atoms with van der Waals surface area (Å²) >= 11 is 7.05. The standard InChI is InChI=1S/C35H28Br2F6N2O4/c36-28-8-3-1-6-23(28)19-33(32(47)44-20-21-16-24(34(38,39)40)18-25(17-21)35(41,42)43)30(27-7-2-4-9-29(27)37)49-31(45-33)22-10-12-26(13-11-22)48-15-5-14-46/h1-4,6-13,16-18,30,46H,5,14-15,19-20H2,(H,44,47)/t30-,33-/m1/s1. The molecule has 1 amide bonds. The van der Waals surface area contributed by atoms with E-state index in [1.54, 1.807) is 72.8 Å². The molecule has 258 valence electrons. The zero-order valence-corrected chi connectivity index (χ0v) is 28.6. The van der Waals surface area contributed by atoms with Gasteiger partial charge in [0.2, 0.25) is 5.90 Å². The van der Waals surface area contributed by atoms with Crippen molar-refractivity contribution in [3.8, 4) is 5.75 Å². The van der Waals surface area contributed by atoms with Gasteiger partial charge in [-0.3, -0.25) is 4.79 Å².